The van der Waals surface area contributed by atoms with Crippen molar-refractivity contribution in [1.82, 2.24) is 20.1 Å². The molecule has 1 fully saturated rings. The highest BCUT2D eigenvalue weighted by Crippen LogP contribution is 2.37. The first-order valence-electron chi connectivity index (χ1n) is 8.27. The molecule has 5 nitrogen and oxygen atoms in total. The molecule has 0 bridgehead atoms. The molecular weight excluding hydrogens is 262 g/mol. The van der Waals surface area contributed by atoms with Gasteiger partial charge in [-0.1, -0.05) is 27.2 Å². The summed E-state index contributed by atoms with van der Waals surface area (Å²) in [5.41, 5.74) is -0.324. The first-order valence-corrected chi connectivity index (χ1v) is 8.27. The van der Waals surface area contributed by atoms with Gasteiger partial charge in [0.25, 0.3) is 0 Å². The van der Waals surface area contributed by atoms with Crippen molar-refractivity contribution in [2.24, 2.45) is 5.92 Å². The Bertz CT molecular complexity index is 501. The maximum absolute atomic E-state index is 9.61. The first kappa shape index (κ1) is 16.0. The predicted molar refractivity (Wildman–Crippen MR) is 82.8 cm³/mol. The Labute approximate surface area is 127 Å². The van der Waals surface area contributed by atoms with Crippen molar-refractivity contribution in [3.05, 3.63) is 11.6 Å². The molecule has 2 unspecified atom stereocenters. The van der Waals surface area contributed by atoms with Gasteiger partial charge in [0, 0.05) is 19.4 Å². The molecule has 1 heterocycles. The van der Waals surface area contributed by atoms with Gasteiger partial charge < -0.3 is 0 Å². The fourth-order valence-electron chi connectivity index (χ4n) is 3.50. The van der Waals surface area contributed by atoms with E-state index in [1.54, 1.807) is 0 Å². The van der Waals surface area contributed by atoms with E-state index in [-0.39, 0.29) is 5.54 Å². The number of nitrogens with zero attached hydrogens (tertiary/aromatic N) is 4. The summed E-state index contributed by atoms with van der Waals surface area (Å²) in [6.45, 7) is 8.01. The van der Waals surface area contributed by atoms with Gasteiger partial charge in [0.05, 0.1) is 6.07 Å². The maximum Gasteiger partial charge on any atom is 0.150 e. The van der Waals surface area contributed by atoms with Crippen LogP contribution in [0.5, 0.6) is 0 Å². The zero-order valence-electron chi connectivity index (χ0n) is 13.5. The second-order valence-corrected chi connectivity index (χ2v) is 5.87. The minimum absolute atomic E-state index is 0.324. The van der Waals surface area contributed by atoms with Crippen molar-refractivity contribution in [2.75, 3.05) is 6.54 Å². The van der Waals surface area contributed by atoms with Gasteiger partial charge in [-0.25, -0.2) is 9.67 Å². The Balaban J connectivity index is 2.05. The molecule has 1 saturated carbocycles. The first-order chi connectivity index (χ1) is 10.2. The molecule has 0 spiro atoms. The molecule has 116 valence electrons. The number of aromatic nitrogens is 3. The van der Waals surface area contributed by atoms with Crippen LogP contribution in [0.3, 0.4) is 0 Å². The summed E-state index contributed by atoms with van der Waals surface area (Å²) in [4.78, 5) is 4.56. The molecule has 0 aromatic carbocycles. The van der Waals surface area contributed by atoms with Crippen LogP contribution in [0.25, 0.3) is 0 Å². The van der Waals surface area contributed by atoms with Crippen molar-refractivity contribution in [2.45, 2.75) is 71.4 Å². The molecule has 0 radical (unpaired) electrons. The normalized spacial score (nSPS) is 25.1. The van der Waals surface area contributed by atoms with Crippen LogP contribution >= 0.6 is 0 Å². The average molecular weight is 289 g/mol. The number of nitriles is 1. The van der Waals surface area contributed by atoms with Crippen molar-refractivity contribution in [3.63, 3.8) is 0 Å². The lowest BCUT2D eigenvalue weighted by Gasteiger charge is -2.29. The van der Waals surface area contributed by atoms with E-state index in [1.165, 1.54) is 0 Å². The van der Waals surface area contributed by atoms with E-state index in [9.17, 15) is 5.26 Å². The number of hydrogen-bond donors (Lipinski definition) is 1. The van der Waals surface area contributed by atoms with Crippen LogP contribution in [0.1, 0.15) is 58.1 Å². The van der Waals surface area contributed by atoms with Gasteiger partial charge in [0.15, 0.2) is 5.82 Å². The van der Waals surface area contributed by atoms with Crippen LogP contribution in [-0.2, 0) is 19.4 Å². The fourth-order valence-corrected chi connectivity index (χ4v) is 3.50. The Hall–Kier alpha value is -1.41. The Morgan fingerprint density at radius 2 is 2.19 bits per heavy atom. The Kier molecular flexibility index (Phi) is 5.35. The summed E-state index contributed by atoms with van der Waals surface area (Å²) in [7, 11) is 0. The van der Waals surface area contributed by atoms with Crippen LogP contribution in [-0.4, -0.2) is 26.8 Å². The lowest BCUT2D eigenvalue weighted by atomic mass is 9.86. The van der Waals surface area contributed by atoms with Crippen molar-refractivity contribution >= 4 is 0 Å². The molecular formula is C16H27N5. The van der Waals surface area contributed by atoms with E-state index in [2.05, 4.69) is 42.2 Å². The fraction of sp³-hybridized carbons (Fsp3) is 0.812. The van der Waals surface area contributed by atoms with E-state index in [0.717, 1.165) is 63.3 Å². The van der Waals surface area contributed by atoms with E-state index >= 15 is 0 Å². The summed E-state index contributed by atoms with van der Waals surface area (Å²) >= 11 is 0. The lowest BCUT2D eigenvalue weighted by molar-refractivity contribution is 0.289. The highest BCUT2D eigenvalue weighted by Gasteiger charge is 2.42. The third-order valence-corrected chi connectivity index (χ3v) is 4.63. The van der Waals surface area contributed by atoms with Crippen molar-refractivity contribution in [1.29, 1.82) is 5.26 Å². The van der Waals surface area contributed by atoms with Crippen LogP contribution in [0.2, 0.25) is 0 Å². The molecule has 1 aliphatic rings. The second-order valence-electron chi connectivity index (χ2n) is 5.87. The quantitative estimate of drug-likeness (QED) is 0.837. The predicted octanol–water partition coefficient (Wildman–Crippen LogP) is 2.46. The van der Waals surface area contributed by atoms with Crippen molar-refractivity contribution in [3.8, 4) is 6.07 Å². The number of hydrogen-bond acceptors (Lipinski definition) is 4. The SMILES string of the molecule is CCNC1(C#N)CCCC1CCn1nc(CC)nc1CC. The number of rotatable bonds is 7. The van der Waals surface area contributed by atoms with E-state index in [4.69, 9.17) is 0 Å². The maximum atomic E-state index is 9.61. The average Bonchev–Trinajstić information content (AvgIpc) is 3.09. The largest absolute Gasteiger partial charge is 0.299 e. The standard InChI is InChI=1S/C16H27N5/c1-4-14-19-15(5-2)21(20-14)11-9-13-8-7-10-16(13,12-17)18-6-3/h13,18H,4-11H2,1-3H3. The summed E-state index contributed by atoms with van der Waals surface area (Å²) < 4.78 is 2.05. The van der Waals surface area contributed by atoms with Crippen LogP contribution in [0.15, 0.2) is 0 Å². The van der Waals surface area contributed by atoms with Gasteiger partial charge in [-0.3, -0.25) is 5.32 Å². The van der Waals surface area contributed by atoms with Crippen molar-refractivity contribution < 1.29 is 0 Å². The minimum atomic E-state index is -0.324. The smallest absolute Gasteiger partial charge is 0.150 e. The topological polar surface area (TPSA) is 66.5 Å². The molecule has 21 heavy (non-hydrogen) atoms. The molecule has 1 aliphatic carbocycles. The summed E-state index contributed by atoms with van der Waals surface area (Å²) in [6.07, 6.45) is 6.04. The van der Waals surface area contributed by atoms with Crippen LogP contribution in [0, 0.1) is 17.2 Å². The molecule has 2 atom stereocenters. The molecule has 0 amide bonds. The highest BCUT2D eigenvalue weighted by atomic mass is 15.3. The van der Waals surface area contributed by atoms with Gasteiger partial charge in [-0.2, -0.15) is 10.4 Å². The summed E-state index contributed by atoms with van der Waals surface area (Å²) in [6, 6.07) is 2.55. The molecule has 0 aliphatic heterocycles. The van der Waals surface area contributed by atoms with Crippen LogP contribution < -0.4 is 5.32 Å². The Morgan fingerprint density at radius 3 is 2.81 bits per heavy atom. The monoisotopic (exact) mass is 289 g/mol. The lowest BCUT2D eigenvalue weighted by Crippen LogP contribution is -2.47. The van der Waals surface area contributed by atoms with E-state index < -0.39 is 0 Å². The second kappa shape index (κ2) is 7.04. The van der Waals surface area contributed by atoms with E-state index in [0.29, 0.717) is 5.92 Å². The summed E-state index contributed by atoms with van der Waals surface area (Å²) in [5.74, 6) is 2.41. The van der Waals surface area contributed by atoms with Gasteiger partial charge >= 0.3 is 0 Å². The third-order valence-electron chi connectivity index (χ3n) is 4.63. The van der Waals surface area contributed by atoms with Gasteiger partial charge in [-0.05, 0) is 31.7 Å². The van der Waals surface area contributed by atoms with Gasteiger partial charge in [0.2, 0.25) is 0 Å². The molecule has 1 aromatic heterocycles. The molecule has 1 aromatic rings. The van der Waals surface area contributed by atoms with E-state index in [1.807, 2.05) is 4.68 Å². The molecule has 5 heteroatoms. The zero-order chi connectivity index (χ0) is 15.3. The number of aryl methyl sites for hydroxylation is 3. The molecule has 1 N–H and O–H groups in total. The molecule has 0 saturated heterocycles. The van der Waals surface area contributed by atoms with Gasteiger partial charge in [-0.15, -0.1) is 0 Å². The highest BCUT2D eigenvalue weighted by molar-refractivity contribution is 5.14. The Morgan fingerprint density at radius 1 is 1.38 bits per heavy atom. The molecule has 2 rings (SSSR count). The van der Waals surface area contributed by atoms with Crippen LogP contribution in [0.4, 0.5) is 0 Å². The zero-order valence-corrected chi connectivity index (χ0v) is 13.5. The third kappa shape index (κ3) is 3.26. The minimum Gasteiger partial charge on any atom is -0.299 e. The number of nitrogens with one attached hydrogen (secondary N) is 1. The van der Waals surface area contributed by atoms with Gasteiger partial charge in [0.1, 0.15) is 11.4 Å². The summed E-state index contributed by atoms with van der Waals surface area (Å²) in [5, 5.41) is 17.6.